The Morgan fingerprint density at radius 3 is 2.67 bits per heavy atom. The van der Waals surface area contributed by atoms with Crippen molar-refractivity contribution >= 4 is 23.5 Å². The average Bonchev–Trinajstić information content (AvgIpc) is 2.39. The van der Waals surface area contributed by atoms with Crippen molar-refractivity contribution in [2.24, 2.45) is 5.92 Å². The maximum absolute atomic E-state index is 12.1. The first kappa shape index (κ1) is 13.4. The number of carbonyl (C=O) groups is 1. The van der Waals surface area contributed by atoms with Crippen molar-refractivity contribution in [1.82, 2.24) is 0 Å². The zero-order valence-corrected chi connectivity index (χ0v) is 11.5. The first-order chi connectivity index (χ1) is 8.68. The lowest BCUT2D eigenvalue weighted by atomic mass is 9.86. The molecule has 18 heavy (non-hydrogen) atoms. The molecule has 0 aliphatic heterocycles. The minimum absolute atomic E-state index is 0.234. The maximum Gasteiger partial charge on any atom is 0.158 e. The van der Waals surface area contributed by atoms with Crippen molar-refractivity contribution in [3.63, 3.8) is 0 Å². The predicted molar refractivity (Wildman–Crippen MR) is 76.8 cm³/mol. The molecule has 0 spiro atoms. The third kappa shape index (κ3) is 3.23. The van der Waals surface area contributed by atoms with E-state index < -0.39 is 0 Å². The van der Waals surface area contributed by atoms with Gasteiger partial charge in [0, 0.05) is 10.9 Å². The SMILES string of the molecule is Cc1cccc(Cl)c1C=CC(=O)C1CCCCC1. The standard InChI is InChI=1S/C16H19ClO/c1-12-6-5-9-15(17)14(12)10-11-16(18)13-7-3-2-4-8-13/h5-6,9-11,13H,2-4,7-8H2,1H3. The van der Waals surface area contributed by atoms with E-state index in [2.05, 4.69) is 0 Å². The Morgan fingerprint density at radius 2 is 2.00 bits per heavy atom. The lowest BCUT2D eigenvalue weighted by Crippen LogP contribution is -2.15. The first-order valence-corrected chi connectivity index (χ1v) is 7.03. The second-order valence-electron chi connectivity index (χ2n) is 5.04. The summed E-state index contributed by atoms with van der Waals surface area (Å²) in [6, 6.07) is 5.80. The van der Waals surface area contributed by atoms with Gasteiger partial charge in [-0.05, 0) is 49.1 Å². The number of hydrogen-bond acceptors (Lipinski definition) is 1. The van der Waals surface area contributed by atoms with Crippen LogP contribution in [0.15, 0.2) is 24.3 Å². The molecule has 2 heteroatoms. The average molecular weight is 263 g/mol. The highest BCUT2D eigenvalue weighted by Crippen LogP contribution is 2.26. The number of carbonyl (C=O) groups excluding carboxylic acids is 1. The minimum atomic E-state index is 0.234. The smallest absolute Gasteiger partial charge is 0.158 e. The van der Waals surface area contributed by atoms with Crippen LogP contribution in [0.2, 0.25) is 5.02 Å². The summed E-state index contributed by atoms with van der Waals surface area (Å²) in [5.74, 6) is 0.492. The molecule has 1 fully saturated rings. The largest absolute Gasteiger partial charge is 0.295 e. The summed E-state index contributed by atoms with van der Waals surface area (Å²) in [5, 5.41) is 0.711. The van der Waals surface area contributed by atoms with Crippen molar-refractivity contribution < 1.29 is 4.79 Å². The molecule has 1 aliphatic carbocycles. The summed E-state index contributed by atoms with van der Waals surface area (Å²) in [6.07, 6.45) is 9.33. The number of hydrogen-bond donors (Lipinski definition) is 0. The van der Waals surface area contributed by atoms with Crippen molar-refractivity contribution in [3.8, 4) is 0 Å². The molecule has 0 saturated heterocycles. The van der Waals surface area contributed by atoms with Gasteiger partial charge in [0.2, 0.25) is 0 Å². The molecule has 0 bridgehead atoms. The van der Waals surface area contributed by atoms with Crippen LogP contribution in [0.3, 0.4) is 0 Å². The third-order valence-corrected chi connectivity index (χ3v) is 4.02. The van der Waals surface area contributed by atoms with Crippen molar-refractivity contribution in [2.45, 2.75) is 39.0 Å². The molecule has 1 aliphatic rings. The highest BCUT2D eigenvalue weighted by molar-refractivity contribution is 6.32. The Hall–Kier alpha value is -1.08. The van der Waals surface area contributed by atoms with Gasteiger partial charge in [0.05, 0.1) is 0 Å². The van der Waals surface area contributed by atoms with Gasteiger partial charge < -0.3 is 0 Å². The molecule has 0 amide bonds. The first-order valence-electron chi connectivity index (χ1n) is 6.65. The monoisotopic (exact) mass is 262 g/mol. The van der Waals surface area contributed by atoms with Crippen LogP contribution < -0.4 is 0 Å². The molecule has 0 unspecified atom stereocenters. The van der Waals surface area contributed by atoms with Gasteiger partial charge in [-0.25, -0.2) is 0 Å². The molecule has 0 N–H and O–H groups in total. The molecule has 0 aromatic heterocycles. The van der Waals surface area contributed by atoms with Crippen LogP contribution in [0.5, 0.6) is 0 Å². The Morgan fingerprint density at radius 1 is 1.28 bits per heavy atom. The Labute approximate surface area is 114 Å². The number of rotatable bonds is 3. The zero-order valence-electron chi connectivity index (χ0n) is 10.8. The van der Waals surface area contributed by atoms with Crippen LogP contribution in [0, 0.1) is 12.8 Å². The van der Waals surface area contributed by atoms with Crippen molar-refractivity contribution in [2.75, 3.05) is 0 Å². The molecule has 0 radical (unpaired) electrons. The fraction of sp³-hybridized carbons (Fsp3) is 0.438. The maximum atomic E-state index is 12.1. The Bertz CT molecular complexity index is 436. The lowest BCUT2D eigenvalue weighted by molar-refractivity contribution is -0.119. The molecule has 0 atom stereocenters. The lowest BCUT2D eigenvalue weighted by Gasteiger charge is -2.18. The van der Waals surface area contributed by atoms with Gasteiger partial charge in [-0.3, -0.25) is 4.79 Å². The molecular formula is C16H19ClO. The highest BCUT2D eigenvalue weighted by atomic mass is 35.5. The molecule has 1 nitrogen and oxygen atoms in total. The summed E-state index contributed by atoms with van der Waals surface area (Å²) in [5.41, 5.74) is 2.07. The van der Waals surface area contributed by atoms with E-state index in [1.54, 1.807) is 6.08 Å². The Balaban J connectivity index is 2.08. The van der Waals surface area contributed by atoms with Crippen LogP contribution in [0.1, 0.15) is 43.2 Å². The molecule has 1 saturated carbocycles. The number of halogens is 1. The number of benzene rings is 1. The van der Waals surface area contributed by atoms with Crippen molar-refractivity contribution in [1.29, 1.82) is 0 Å². The third-order valence-electron chi connectivity index (χ3n) is 3.69. The topological polar surface area (TPSA) is 17.1 Å². The number of allylic oxidation sites excluding steroid dienone is 1. The van der Waals surface area contributed by atoms with Crippen LogP contribution in [0.4, 0.5) is 0 Å². The minimum Gasteiger partial charge on any atom is -0.295 e. The quantitative estimate of drug-likeness (QED) is 0.715. The molecule has 1 aromatic rings. The summed E-state index contributed by atoms with van der Waals surface area (Å²) in [6.45, 7) is 2.01. The van der Waals surface area contributed by atoms with Crippen LogP contribution in [0.25, 0.3) is 6.08 Å². The second-order valence-corrected chi connectivity index (χ2v) is 5.45. The van der Waals surface area contributed by atoms with Gasteiger partial charge >= 0.3 is 0 Å². The van der Waals surface area contributed by atoms with E-state index in [-0.39, 0.29) is 11.7 Å². The van der Waals surface area contributed by atoms with Crippen LogP contribution >= 0.6 is 11.6 Å². The fourth-order valence-corrected chi connectivity index (χ4v) is 2.83. The molecule has 0 heterocycles. The summed E-state index contributed by atoms with van der Waals surface area (Å²) < 4.78 is 0. The van der Waals surface area contributed by atoms with Gasteiger partial charge in [0.25, 0.3) is 0 Å². The Kier molecular flexibility index (Phi) is 4.60. The van der Waals surface area contributed by atoms with E-state index in [1.165, 1.54) is 19.3 Å². The normalized spacial score (nSPS) is 17.2. The molecule has 96 valence electrons. The van der Waals surface area contributed by atoms with Gasteiger partial charge in [0.1, 0.15) is 0 Å². The van der Waals surface area contributed by atoms with E-state index in [0.29, 0.717) is 5.02 Å². The van der Waals surface area contributed by atoms with Crippen molar-refractivity contribution in [3.05, 3.63) is 40.4 Å². The van der Waals surface area contributed by atoms with E-state index >= 15 is 0 Å². The van der Waals surface area contributed by atoms with Crippen LogP contribution in [-0.2, 0) is 4.79 Å². The number of aryl methyl sites for hydroxylation is 1. The van der Waals surface area contributed by atoms with Gasteiger partial charge in [-0.2, -0.15) is 0 Å². The molecule has 2 rings (SSSR count). The fourth-order valence-electron chi connectivity index (χ4n) is 2.54. The van der Waals surface area contributed by atoms with Gasteiger partial charge in [-0.1, -0.05) is 43.0 Å². The zero-order chi connectivity index (χ0) is 13.0. The molecule has 1 aromatic carbocycles. The van der Waals surface area contributed by atoms with E-state index in [4.69, 9.17) is 11.6 Å². The van der Waals surface area contributed by atoms with Gasteiger partial charge in [-0.15, -0.1) is 0 Å². The molecular weight excluding hydrogens is 244 g/mol. The van der Waals surface area contributed by atoms with E-state index in [1.807, 2.05) is 31.2 Å². The highest BCUT2D eigenvalue weighted by Gasteiger charge is 2.18. The summed E-state index contributed by atoms with van der Waals surface area (Å²) in [7, 11) is 0. The summed E-state index contributed by atoms with van der Waals surface area (Å²) in [4.78, 5) is 12.1. The van der Waals surface area contributed by atoms with E-state index in [0.717, 1.165) is 24.0 Å². The predicted octanol–water partition coefficient (Wildman–Crippen LogP) is 4.81. The summed E-state index contributed by atoms with van der Waals surface area (Å²) >= 11 is 6.14. The second kappa shape index (κ2) is 6.19. The van der Waals surface area contributed by atoms with Gasteiger partial charge in [0.15, 0.2) is 5.78 Å². The van der Waals surface area contributed by atoms with Crippen LogP contribution in [-0.4, -0.2) is 5.78 Å². The number of ketones is 1. The van der Waals surface area contributed by atoms with E-state index in [9.17, 15) is 4.79 Å².